The summed E-state index contributed by atoms with van der Waals surface area (Å²) in [6.07, 6.45) is 1.05. The summed E-state index contributed by atoms with van der Waals surface area (Å²) in [5, 5.41) is 9.49. The Labute approximate surface area is 115 Å². The Bertz CT molecular complexity index is 441. The molecule has 1 aromatic carbocycles. The molecule has 1 heterocycles. The van der Waals surface area contributed by atoms with Crippen molar-refractivity contribution in [3.63, 3.8) is 0 Å². The highest BCUT2D eigenvalue weighted by Gasteiger charge is 2.36. The lowest BCUT2D eigenvalue weighted by Gasteiger charge is -2.30. The lowest BCUT2D eigenvalue weighted by Crippen LogP contribution is -2.45. The van der Waals surface area contributed by atoms with E-state index in [4.69, 9.17) is 0 Å². The molecule has 2 rings (SSSR count). The SMILES string of the molecule is Cc1ccc(C(=O)C(C)N2CCC(C)C2CO)cc1. The molecule has 1 saturated heterocycles. The molecule has 1 aromatic rings. The number of carbonyl (C=O) groups excluding carboxylic acids is 1. The lowest BCUT2D eigenvalue weighted by molar-refractivity contribution is 0.0720. The quantitative estimate of drug-likeness (QED) is 0.845. The van der Waals surface area contributed by atoms with Gasteiger partial charge in [-0.1, -0.05) is 36.8 Å². The van der Waals surface area contributed by atoms with Crippen molar-refractivity contribution in [2.75, 3.05) is 13.2 Å². The summed E-state index contributed by atoms with van der Waals surface area (Å²) in [6.45, 7) is 7.13. The van der Waals surface area contributed by atoms with Gasteiger partial charge in [0, 0.05) is 11.6 Å². The Morgan fingerprint density at radius 2 is 2.05 bits per heavy atom. The fourth-order valence-corrected chi connectivity index (χ4v) is 2.91. The number of aryl methyl sites for hydroxylation is 1. The molecule has 1 aliphatic heterocycles. The molecular weight excluding hydrogens is 238 g/mol. The van der Waals surface area contributed by atoms with Crippen molar-refractivity contribution in [3.8, 4) is 0 Å². The predicted molar refractivity (Wildman–Crippen MR) is 76.3 cm³/mol. The zero-order valence-electron chi connectivity index (χ0n) is 12.0. The van der Waals surface area contributed by atoms with E-state index in [0.717, 1.165) is 24.1 Å². The molecule has 3 atom stereocenters. The predicted octanol–water partition coefficient (Wildman–Crippen LogP) is 2.27. The van der Waals surface area contributed by atoms with Gasteiger partial charge in [0.25, 0.3) is 0 Å². The fraction of sp³-hybridized carbons (Fsp3) is 0.562. The van der Waals surface area contributed by atoms with E-state index < -0.39 is 0 Å². The standard InChI is InChI=1S/C16H23NO2/c1-11-4-6-14(7-5-11)16(19)13(3)17-9-8-12(2)15(17)10-18/h4-7,12-13,15,18H,8-10H2,1-3H3. The first kappa shape index (κ1) is 14.2. The number of hydrogen-bond donors (Lipinski definition) is 1. The van der Waals surface area contributed by atoms with Gasteiger partial charge in [-0.15, -0.1) is 0 Å². The topological polar surface area (TPSA) is 40.5 Å². The number of benzene rings is 1. The van der Waals surface area contributed by atoms with E-state index in [-0.39, 0.29) is 24.5 Å². The summed E-state index contributed by atoms with van der Waals surface area (Å²) in [6, 6.07) is 7.67. The Balaban J connectivity index is 2.13. The number of aliphatic hydroxyl groups excluding tert-OH is 1. The maximum atomic E-state index is 12.5. The minimum Gasteiger partial charge on any atom is -0.395 e. The molecule has 0 aliphatic carbocycles. The Kier molecular flexibility index (Phi) is 4.38. The van der Waals surface area contributed by atoms with Crippen LogP contribution in [0.2, 0.25) is 0 Å². The third kappa shape index (κ3) is 2.88. The van der Waals surface area contributed by atoms with E-state index >= 15 is 0 Å². The van der Waals surface area contributed by atoms with Crippen LogP contribution in [0.25, 0.3) is 0 Å². The van der Waals surface area contributed by atoms with E-state index in [1.165, 1.54) is 0 Å². The van der Waals surface area contributed by atoms with E-state index in [0.29, 0.717) is 5.92 Å². The summed E-state index contributed by atoms with van der Waals surface area (Å²) in [4.78, 5) is 14.6. The largest absolute Gasteiger partial charge is 0.395 e. The molecule has 19 heavy (non-hydrogen) atoms. The molecule has 0 amide bonds. The molecule has 0 aromatic heterocycles. The smallest absolute Gasteiger partial charge is 0.179 e. The molecule has 0 bridgehead atoms. The minimum absolute atomic E-state index is 0.115. The molecule has 3 nitrogen and oxygen atoms in total. The minimum atomic E-state index is -0.162. The van der Waals surface area contributed by atoms with Gasteiger partial charge in [0.1, 0.15) is 0 Å². The molecule has 1 N–H and O–H groups in total. The summed E-state index contributed by atoms with van der Waals surface area (Å²) >= 11 is 0. The van der Waals surface area contributed by atoms with Crippen LogP contribution in [0, 0.1) is 12.8 Å². The average molecular weight is 261 g/mol. The second kappa shape index (κ2) is 5.85. The number of likely N-dealkylation sites (tertiary alicyclic amines) is 1. The van der Waals surface area contributed by atoms with Gasteiger partial charge < -0.3 is 5.11 Å². The second-order valence-electron chi connectivity index (χ2n) is 5.66. The molecule has 0 radical (unpaired) electrons. The third-order valence-corrected chi connectivity index (χ3v) is 4.33. The summed E-state index contributed by atoms with van der Waals surface area (Å²) < 4.78 is 0. The van der Waals surface area contributed by atoms with E-state index in [2.05, 4.69) is 11.8 Å². The van der Waals surface area contributed by atoms with Crippen molar-refractivity contribution in [2.45, 2.75) is 39.3 Å². The average Bonchev–Trinajstić information content (AvgIpc) is 2.79. The summed E-state index contributed by atoms with van der Waals surface area (Å²) in [7, 11) is 0. The van der Waals surface area contributed by atoms with Crippen LogP contribution in [0.3, 0.4) is 0 Å². The van der Waals surface area contributed by atoms with Crippen LogP contribution < -0.4 is 0 Å². The van der Waals surface area contributed by atoms with Crippen molar-refractivity contribution in [1.82, 2.24) is 4.90 Å². The highest BCUT2D eigenvalue weighted by atomic mass is 16.3. The molecular formula is C16H23NO2. The van der Waals surface area contributed by atoms with Crippen LogP contribution in [-0.4, -0.2) is 41.0 Å². The number of aliphatic hydroxyl groups is 1. The van der Waals surface area contributed by atoms with Crippen LogP contribution in [-0.2, 0) is 0 Å². The van der Waals surface area contributed by atoms with Crippen molar-refractivity contribution < 1.29 is 9.90 Å². The number of ketones is 1. The van der Waals surface area contributed by atoms with Gasteiger partial charge in [0.15, 0.2) is 5.78 Å². The molecule has 104 valence electrons. The van der Waals surface area contributed by atoms with Crippen LogP contribution in [0.4, 0.5) is 0 Å². The Morgan fingerprint density at radius 3 is 2.63 bits per heavy atom. The van der Waals surface area contributed by atoms with Crippen molar-refractivity contribution in [3.05, 3.63) is 35.4 Å². The van der Waals surface area contributed by atoms with Crippen molar-refractivity contribution in [1.29, 1.82) is 0 Å². The first-order valence-corrected chi connectivity index (χ1v) is 7.02. The van der Waals surface area contributed by atoms with Crippen LogP contribution >= 0.6 is 0 Å². The summed E-state index contributed by atoms with van der Waals surface area (Å²) in [5.41, 5.74) is 1.92. The van der Waals surface area contributed by atoms with Gasteiger partial charge in [0.05, 0.1) is 12.6 Å². The van der Waals surface area contributed by atoms with Crippen LogP contribution in [0.15, 0.2) is 24.3 Å². The maximum absolute atomic E-state index is 12.5. The molecule has 3 unspecified atom stereocenters. The van der Waals surface area contributed by atoms with E-state index in [9.17, 15) is 9.90 Å². The van der Waals surface area contributed by atoms with Gasteiger partial charge in [-0.05, 0) is 32.7 Å². The number of hydrogen-bond acceptors (Lipinski definition) is 3. The zero-order valence-corrected chi connectivity index (χ0v) is 12.0. The van der Waals surface area contributed by atoms with Crippen molar-refractivity contribution in [2.24, 2.45) is 5.92 Å². The Hall–Kier alpha value is -1.19. The maximum Gasteiger partial charge on any atom is 0.179 e. The number of rotatable bonds is 4. The van der Waals surface area contributed by atoms with Crippen LogP contribution in [0.5, 0.6) is 0 Å². The third-order valence-electron chi connectivity index (χ3n) is 4.33. The highest BCUT2D eigenvalue weighted by molar-refractivity contribution is 5.99. The second-order valence-corrected chi connectivity index (χ2v) is 5.66. The summed E-state index contributed by atoms with van der Waals surface area (Å²) in [5.74, 6) is 0.603. The van der Waals surface area contributed by atoms with Gasteiger partial charge >= 0.3 is 0 Å². The molecule has 0 spiro atoms. The van der Waals surface area contributed by atoms with Gasteiger partial charge in [0.2, 0.25) is 0 Å². The van der Waals surface area contributed by atoms with E-state index in [1.54, 1.807) is 0 Å². The normalized spacial score (nSPS) is 25.5. The highest BCUT2D eigenvalue weighted by Crippen LogP contribution is 2.26. The molecule has 0 saturated carbocycles. The number of nitrogens with zero attached hydrogens (tertiary/aromatic N) is 1. The van der Waals surface area contributed by atoms with Gasteiger partial charge in [-0.2, -0.15) is 0 Å². The van der Waals surface area contributed by atoms with Gasteiger partial charge in [-0.25, -0.2) is 0 Å². The zero-order chi connectivity index (χ0) is 14.0. The molecule has 1 fully saturated rings. The molecule has 1 aliphatic rings. The number of carbonyl (C=O) groups is 1. The Morgan fingerprint density at radius 1 is 1.42 bits per heavy atom. The van der Waals surface area contributed by atoms with Crippen LogP contribution in [0.1, 0.15) is 36.2 Å². The molecule has 3 heteroatoms. The monoisotopic (exact) mass is 261 g/mol. The first-order valence-electron chi connectivity index (χ1n) is 7.02. The fourth-order valence-electron chi connectivity index (χ4n) is 2.91. The first-order chi connectivity index (χ1) is 9.04. The van der Waals surface area contributed by atoms with Gasteiger partial charge in [-0.3, -0.25) is 9.69 Å². The lowest BCUT2D eigenvalue weighted by atomic mass is 10.0. The van der Waals surface area contributed by atoms with Crippen molar-refractivity contribution >= 4 is 5.78 Å². The van der Waals surface area contributed by atoms with E-state index in [1.807, 2.05) is 38.1 Å². The number of Topliss-reactive ketones (excluding diaryl/α,β-unsaturated/α-hetero) is 1.